The fourth-order valence-corrected chi connectivity index (χ4v) is 4.12. The van der Waals surface area contributed by atoms with Crippen molar-refractivity contribution < 1.29 is 4.39 Å². The summed E-state index contributed by atoms with van der Waals surface area (Å²) in [6.07, 6.45) is 2.32. The van der Waals surface area contributed by atoms with E-state index in [4.69, 9.17) is 0 Å². The Kier molecular flexibility index (Phi) is 4.19. The number of hydrogen-bond acceptors (Lipinski definition) is 4. The first kappa shape index (κ1) is 15.4. The molecule has 1 aliphatic heterocycles. The predicted octanol–water partition coefficient (Wildman–Crippen LogP) is 3.73. The van der Waals surface area contributed by atoms with E-state index in [0.717, 1.165) is 30.9 Å². The van der Waals surface area contributed by atoms with Crippen LogP contribution in [0.2, 0.25) is 0 Å². The van der Waals surface area contributed by atoms with Gasteiger partial charge >= 0.3 is 0 Å². The minimum atomic E-state index is -0.264. The molecule has 0 saturated heterocycles. The standard InChI is InChI=1S/C17H22FN3S/c1-17(2)11-21(14-9-12(18)10-20-16(14)17)13(6-7-19-3)15-5-4-8-22-15/h4-5,8-10,13,19H,6-7,11H2,1-3H3. The number of hydrogen-bond donors (Lipinski definition) is 1. The lowest BCUT2D eigenvalue weighted by Gasteiger charge is -2.31. The molecule has 2 aromatic rings. The van der Waals surface area contributed by atoms with Crippen molar-refractivity contribution in [2.75, 3.05) is 25.0 Å². The monoisotopic (exact) mass is 319 g/mol. The molecule has 5 heteroatoms. The molecule has 0 bridgehead atoms. The highest BCUT2D eigenvalue weighted by atomic mass is 32.1. The van der Waals surface area contributed by atoms with Crippen LogP contribution in [-0.4, -0.2) is 25.1 Å². The van der Waals surface area contributed by atoms with Crippen LogP contribution >= 0.6 is 11.3 Å². The van der Waals surface area contributed by atoms with Crippen LogP contribution in [0.4, 0.5) is 10.1 Å². The lowest BCUT2D eigenvalue weighted by atomic mass is 9.91. The average Bonchev–Trinajstić information content (AvgIpc) is 3.07. The summed E-state index contributed by atoms with van der Waals surface area (Å²) in [4.78, 5) is 8.03. The second kappa shape index (κ2) is 5.97. The summed E-state index contributed by atoms with van der Waals surface area (Å²) in [5, 5.41) is 5.33. The number of halogens is 1. The highest BCUT2D eigenvalue weighted by molar-refractivity contribution is 7.10. The Bertz CT molecular complexity index is 639. The highest BCUT2D eigenvalue weighted by Crippen LogP contribution is 2.44. The molecule has 0 radical (unpaired) electrons. The number of pyridine rings is 1. The van der Waals surface area contributed by atoms with Crippen molar-refractivity contribution >= 4 is 17.0 Å². The molecule has 3 heterocycles. The lowest BCUT2D eigenvalue weighted by molar-refractivity contribution is 0.494. The van der Waals surface area contributed by atoms with E-state index >= 15 is 0 Å². The van der Waals surface area contributed by atoms with E-state index in [1.165, 1.54) is 11.1 Å². The van der Waals surface area contributed by atoms with Crippen molar-refractivity contribution in [3.8, 4) is 0 Å². The van der Waals surface area contributed by atoms with Crippen LogP contribution in [0.3, 0.4) is 0 Å². The molecule has 3 rings (SSSR count). The first-order valence-corrected chi connectivity index (χ1v) is 8.51. The van der Waals surface area contributed by atoms with Crippen LogP contribution in [0.1, 0.15) is 36.9 Å². The van der Waals surface area contributed by atoms with Crippen molar-refractivity contribution in [1.29, 1.82) is 0 Å². The van der Waals surface area contributed by atoms with Gasteiger partial charge in [0.15, 0.2) is 0 Å². The van der Waals surface area contributed by atoms with Crippen LogP contribution < -0.4 is 10.2 Å². The van der Waals surface area contributed by atoms with Crippen molar-refractivity contribution in [2.24, 2.45) is 0 Å². The average molecular weight is 319 g/mol. The van der Waals surface area contributed by atoms with Crippen LogP contribution in [0.5, 0.6) is 0 Å². The van der Waals surface area contributed by atoms with Gasteiger partial charge in [-0.2, -0.15) is 0 Å². The van der Waals surface area contributed by atoms with Gasteiger partial charge < -0.3 is 10.2 Å². The summed E-state index contributed by atoms with van der Waals surface area (Å²) in [7, 11) is 1.97. The van der Waals surface area contributed by atoms with Gasteiger partial charge in [-0.25, -0.2) is 4.39 Å². The van der Waals surface area contributed by atoms with Gasteiger partial charge in [-0.05, 0) is 31.5 Å². The maximum absolute atomic E-state index is 13.7. The quantitative estimate of drug-likeness (QED) is 0.910. The summed E-state index contributed by atoms with van der Waals surface area (Å²) in [5.41, 5.74) is 1.89. The molecular weight excluding hydrogens is 297 g/mol. The second-order valence-corrected chi connectivity index (χ2v) is 7.44. The Hall–Kier alpha value is -1.46. The number of nitrogens with one attached hydrogen (secondary N) is 1. The molecule has 0 aliphatic carbocycles. The van der Waals surface area contributed by atoms with Crippen molar-refractivity contribution in [1.82, 2.24) is 10.3 Å². The van der Waals surface area contributed by atoms with Gasteiger partial charge in [-0.1, -0.05) is 19.9 Å². The van der Waals surface area contributed by atoms with E-state index in [2.05, 4.69) is 46.6 Å². The molecule has 1 unspecified atom stereocenters. The first-order chi connectivity index (χ1) is 10.5. The van der Waals surface area contributed by atoms with Crippen LogP contribution in [0, 0.1) is 5.82 Å². The SMILES string of the molecule is CNCCC(c1cccs1)N1CC(C)(C)c2ncc(F)cc21. The van der Waals surface area contributed by atoms with Gasteiger partial charge in [-0.15, -0.1) is 11.3 Å². The molecule has 0 aromatic carbocycles. The summed E-state index contributed by atoms with van der Waals surface area (Å²) >= 11 is 1.76. The summed E-state index contributed by atoms with van der Waals surface area (Å²) < 4.78 is 13.7. The van der Waals surface area contributed by atoms with Gasteiger partial charge in [0.1, 0.15) is 5.82 Å². The number of rotatable bonds is 5. The van der Waals surface area contributed by atoms with Gasteiger partial charge in [0.2, 0.25) is 0 Å². The fourth-order valence-electron chi connectivity index (χ4n) is 3.25. The Morgan fingerprint density at radius 1 is 1.50 bits per heavy atom. The molecule has 2 aromatic heterocycles. The molecular formula is C17H22FN3S. The van der Waals surface area contributed by atoms with Crippen molar-refractivity contribution in [3.63, 3.8) is 0 Å². The molecule has 0 spiro atoms. The minimum Gasteiger partial charge on any atom is -0.361 e. The third-order valence-corrected chi connectivity index (χ3v) is 5.24. The predicted molar refractivity (Wildman–Crippen MR) is 90.2 cm³/mol. The molecule has 22 heavy (non-hydrogen) atoms. The van der Waals surface area contributed by atoms with Crippen molar-refractivity contribution in [3.05, 3.63) is 46.2 Å². The Morgan fingerprint density at radius 2 is 2.32 bits per heavy atom. The molecule has 0 fully saturated rings. The number of anilines is 1. The summed E-state index contributed by atoms with van der Waals surface area (Å²) in [6, 6.07) is 6.15. The number of thiophene rings is 1. The van der Waals surface area contributed by atoms with Crippen molar-refractivity contribution in [2.45, 2.75) is 31.7 Å². The Balaban J connectivity index is 2.01. The van der Waals surface area contributed by atoms with E-state index in [9.17, 15) is 4.39 Å². The zero-order chi connectivity index (χ0) is 15.7. The zero-order valence-corrected chi connectivity index (χ0v) is 14.1. The molecule has 1 aliphatic rings. The third kappa shape index (κ3) is 2.75. The van der Waals surface area contributed by atoms with Gasteiger partial charge in [0.25, 0.3) is 0 Å². The maximum Gasteiger partial charge on any atom is 0.143 e. The third-order valence-electron chi connectivity index (χ3n) is 4.27. The lowest BCUT2D eigenvalue weighted by Crippen LogP contribution is -2.33. The van der Waals surface area contributed by atoms with Crippen LogP contribution in [0.25, 0.3) is 0 Å². The molecule has 1 N–H and O–H groups in total. The molecule has 0 saturated carbocycles. The normalized spacial score (nSPS) is 17.5. The Labute approximate surface area is 135 Å². The van der Waals surface area contributed by atoms with Gasteiger partial charge in [-0.3, -0.25) is 4.98 Å². The maximum atomic E-state index is 13.7. The van der Waals surface area contributed by atoms with Gasteiger partial charge in [0, 0.05) is 22.9 Å². The number of nitrogens with zero attached hydrogens (tertiary/aromatic N) is 2. The number of aromatic nitrogens is 1. The summed E-state index contributed by atoms with van der Waals surface area (Å²) in [6.45, 7) is 6.16. The van der Waals surface area contributed by atoms with Gasteiger partial charge in [0.05, 0.1) is 23.6 Å². The smallest absolute Gasteiger partial charge is 0.143 e. The largest absolute Gasteiger partial charge is 0.361 e. The molecule has 1 atom stereocenters. The van der Waals surface area contributed by atoms with E-state index in [1.807, 2.05) is 7.05 Å². The molecule has 3 nitrogen and oxygen atoms in total. The minimum absolute atomic E-state index is 0.0574. The van der Waals surface area contributed by atoms with E-state index in [1.54, 1.807) is 17.4 Å². The topological polar surface area (TPSA) is 28.2 Å². The van der Waals surface area contributed by atoms with E-state index < -0.39 is 0 Å². The fraction of sp³-hybridized carbons (Fsp3) is 0.471. The second-order valence-electron chi connectivity index (χ2n) is 6.46. The zero-order valence-electron chi connectivity index (χ0n) is 13.3. The number of fused-ring (bicyclic) bond motifs is 1. The highest BCUT2D eigenvalue weighted by Gasteiger charge is 2.40. The van der Waals surface area contributed by atoms with E-state index in [-0.39, 0.29) is 17.3 Å². The van der Waals surface area contributed by atoms with E-state index in [0.29, 0.717) is 0 Å². The molecule has 118 valence electrons. The summed E-state index contributed by atoms with van der Waals surface area (Å²) in [5.74, 6) is -0.264. The molecule has 0 amide bonds. The van der Waals surface area contributed by atoms with Crippen LogP contribution in [-0.2, 0) is 5.41 Å². The Morgan fingerprint density at radius 3 is 3.00 bits per heavy atom. The first-order valence-electron chi connectivity index (χ1n) is 7.63. The van der Waals surface area contributed by atoms with Crippen LogP contribution in [0.15, 0.2) is 29.8 Å².